The SMILES string of the molecule is CCCC[C@@H](CC)CNS(=O)(=O)c1nnc(NC(C)=O)s1. The van der Waals surface area contributed by atoms with Crippen molar-refractivity contribution in [2.24, 2.45) is 5.92 Å². The molecule has 0 saturated heterocycles. The lowest BCUT2D eigenvalue weighted by atomic mass is 10.00. The lowest BCUT2D eigenvalue weighted by Crippen LogP contribution is -2.29. The summed E-state index contributed by atoms with van der Waals surface area (Å²) in [6, 6.07) is 0. The first kappa shape index (κ1) is 18.0. The number of aromatic nitrogens is 2. The summed E-state index contributed by atoms with van der Waals surface area (Å²) < 4.78 is 26.7. The van der Waals surface area contributed by atoms with Crippen molar-refractivity contribution in [2.75, 3.05) is 11.9 Å². The summed E-state index contributed by atoms with van der Waals surface area (Å²) in [7, 11) is -3.66. The molecule has 0 unspecified atom stereocenters. The van der Waals surface area contributed by atoms with Crippen LogP contribution in [0.4, 0.5) is 5.13 Å². The van der Waals surface area contributed by atoms with Crippen molar-refractivity contribution in [3.63, 3.8) is 0 Å². The minimum Gasteiger partial charge on any atom is -0.301 e. The standard InChI is InChI=1S/C12H22N4O3S2/c1-4-6-7-10(5-2)8-13-21(18,19)12-16-15-11(20-12)14-9(3)17/h10,13H,4-8H2,1-3H3,(H,14,15,17)/t10-/m1/s1. The number of nitrogens with one attached hydrogen (secondary N) is 2. The molecule has 0 aliphatic heterocycles. The van der Waals surface area contributed by atoms with Crippen LogP contribution in [0.3, 0.4) is 0 Å². The van der Waals surface area contributed by atoms with Crippen LogP contribution in [0.2, 0.25) is 0 Å². The predicted molar refractivity (Wildman–Crippen MR) is 82.7 cm³/mol. The average molecular weight is 334 g/mol. The van der Waals surface area contributed by atoms with Crippen molar-refractivity contribution in [2.45, 2.75) is 50.8 Å². The van der Waals surface area contributed by atoms with Gasteiger partial charge in [0.1, 0.15) is 0 Å². The number of hydrogen-bond acceptors (Lipinski definition) is 6. The highest BCUT2D eigenvalue weighted by Gasteiger charge is 2.21. The van der Waals surface area contributed by atoms with Crippen molar-refractivity contribution in [3.8, 4) is 0 Å². The number of carbonyl (C=O) groups excluding carboxylic acids is 1. The van der Waals surface area contributed by atoms with E-state index in [1.807, 2.05) is 0 Å². The number of carbonyl (C=O) groups is 1. The Balaban J connectivity index is 2.64. The summed E-state index contributed by atoms with van der Waals surface area (Å²) in [5.41, 5.74) is 0. The van der Waals surface area contributed by atoms with Gasteiger partial charge in [0.2, 0.25) is 15.4 Å². The van der Waals surface area contributed by atoms with Crippen LogP contribution in [-0.4, -0.2) is 31.1 Å². The number of hydrogen-bond donors (Lipinski definition) is 2. The second-order valence-electron chi connectivity index (χ2n) is 4.82. The number of unbranched alkanes of at least 4 members (excludes halogenated alkanes) is 1. The summed E-state index contributed by atoms with van der Waals surface area (Å²) in [4.78, 5) is 10.9. The van der Waals surface area contributed by atoms with E-state index in [9.17, 15) is 13.2 Å². The average Bonchev–Trinajstić information content (AvgIpc) is 2.87. The number of sulfonamides is 1. The second-order valence-corrected chi connectivity index (χ2v) is 7.74. The van der Waals surface area contributed by atoms with Crippen LogP contribution in [0.25, 0.3) is 0 Å². The highest BCUT2D eigenvalue weighted by Crippen LogP contribution is 2.20. The maximum atomic E-state index is 12.1. The predicted octanol–water partition coefficient (Wildman–Crippen LogP) is 1.99. The van der Waals surface area contributed by atoms with Crippen LogP contribution in [0, 0.1) is 5.92 Å². The molecule has 1 amide bonds. The van der Waals surface area contributed by atoms with Gasteiger partial charge in [0.05, 0.1) is 0 Å². The van der Waals surface area contributed by atoms with Gasteiger partial charge in [-0.3, -0.25) is 4.79 Å². The van der Waals surface area contributed by atoms with Crippen LogP contribution in [-0.2, 0) is 14.8 Å². The van der Waals surface area contributed by atoms with Crippen LogP contribution in [0.1, 0.15) is 46.5 Å². The Morgan fingerprint density at radius 3 is 2.62 bits per heavy atom. The Labute approximate surface area is 129 Å². The molecule has 1 heterocycles. The molecular weight excluding hydrogens is 312 g/mol. The van der Waals surface area contributed by atoms with E-state index in [0.29, 0.717) is 12.5 Å². The quantitative estimate of drug-likeness (QED) is 0.673. The van der Waals surface area contributed by atoms with Gasteiger partial charge in [0.25, 0.3) is 10.0 Å². The lowest BCUT2D eigenvalue weighted by Gasteiger charge is -2.14. The Morgan fingerprint density at radius 1 is 1.33 bits per heavy atom. The van der Waals surface area contributed by atoms with Gasteiger partial charge < -0.3 is 5.32 Å². The molecule has 9 heteroatoms. The van der Waals surface area contributed by atoms with Crippen LogP contribution >= 0.6 is 11.3 Å². The van der Waals surface area contributed by atoms with Crippen molar-refractivity contribution in [3.05, 3.63) is 0 Å². The first-order chi connectivity index (χ1) is 9.89. The number of nitrogens with zero attached hydrogens (tertiary/aromatic N) is 2. The van der Waals surface area contributed by atoms with Gasteiger partial charge in [0, 0.05) is 13.5 Å². The largest absolute Gasteiger partial charge is 0.301 e. The molecule has 0 radical (unpaired) electrons. The van der Waals surface area contributed by atoms with Crippen molar-refractivity contribution < 1.29 is 13.2 Å². The maximum Gasteiger partial charge on any atom is 0.269 e. The molecule has 7 nitrogen and oxygen atoms in total. The smallest absolute Gasteiger partial charge is 0.269 e. The molecule has 21 heavy (non-hydrogen) atoms. The zero-order valence-electron chi connectivity index (χ0n) is 12.5. The van der Waals surface area contributed by atoms with Gasteiger partial charge in [-0.25, -0.2) is 13.1 Å². The monoisotopic (exact) mass is 334 g/mol. The molecule has 120 valence electrons. The van der Waals surface area contributed by atoms with Crippen molar-refractivity contribution in [1.82, 2.24) is 14.9 Å². The van der Waals surface area contributed by atoms with E-state index >= 15 is 0 Å². The summed E-state index contributed by atoms with van der Waals surface area (Å²) in [6.07, 6.45) is 4.12. The third-order valence-corrected chi connectivity index (χ3v) is 5.65. The molecule has 1 atom stereocenters. The Morgan fingerprint density at radius 2 is 2.05 bits per heavy atom. The third-order valence-electron chi connectivity index (χ3n) is 3.02. The highest BCUT2D eigenvalue weighted by molar-refractivity contribution is 7.91. The van der Waals surface area contributed by atoms with Crippen molar-refractivity contribution in [1.29, 1.82) is 0 Å². The molecule has 0 aliphatic carbocycles. The summed E-state index contributed by atoms with van der Waals surface area (Å²) in [6.45, 7) is 5.89. The van der Waals surface area contributed by atoms with E-state index in [1.165, 1.54) is 6.92 Å². The molecule has 0 aliphatic rings. The first-order valence-electron chi connectivity index (χ1n) is 6.99. The highest BCUT2D eigenvalue weighted by atomic mass is 32.2. The third kappa shape index (κ3) is 6.06. The maximum absolute atomic E-state index is 12.1. The molecule has 0 fully saturated rings. The number of amides is 1. The fourth-order valence-corrected chi connectivity index (χ4v) is 3.85. The first-order valence-corrected chi connectivity index (χ1v) is 9.29. The van der Waals surface area contributed by atoms with E-state index in [-0.39, 0.29) is 15.4 Å². The molecule has 0 spiro atoms. The molecule has 0 aromatic carbocycles. The van der Waals surface area contributed by atoms with E-state index in [0.717, 1.165) is 37.0 Å². The molecule has 0 saturated carbocycles. The lowest BCUT2D eigenvalue weighted by molar-refractivity contribution is -0.114. The van der Waals surface area contributed by atoms with Crippen LogP contribution in [0.5, 0.6) is 0 Å². The summed E-state index contributed by atoms with van der Waals surface area (Å²) in [5.74, 6) is 0.0103. The second kappa shape index (κ2) is 8.40. The Bertz CT molecular complexity index is 557. The zero-order chi connectivity index (χ0) is 15.9. The van der Waals surface area contributed by atoms with E-state index in [2.05, 4.69) is 34.1 Å². The normalized spacial score (nSPS) is 13.1. The van der Waals surface area contributed by atoms with E-state index in [4.69, 9.17) is 0 Å². The van der Waals surface area contributed by atoms with E-state index in [1.54, 1.807) is 0 Å². The van der Waals surface area contributed by atoms with Crippen molar-refractivity contribution >= 4 is 32.4 Å². The number of anilines is 1. The summed E-state index contributed by atoms with van der Waals surface area (Å²) >= 11 is 0.841. The van der Waals surface area contributed by atoms with E-state index < -0.39 is 10.0 Å². The van der Waals surface area contributed by atoms with Gasteiger partial charge >= 0.3 is 0 Å². The molecular formula is C12H22N4O3S2. The van der Waals surface area contributed by atoms with Crippen LogP contribution < -0.4 is 10.0 Å². The molecule has 1 aromatic rings. The minimum atomic E-state index is -3.66. The van der Waals surface area contributed by atoms with Gasteiger partial charge in [-0.2, -0.15) is 0 Å². The summed E-state index contributed by atoms with van der Waals surface area (Å²) in [5, 5.41) is 9.84. The van der Waals surface area contributed by atoms with Crippen LogP contribution in [0.15, 0.2) is 4.34 Å². The van der Waals surface area contributed by atoms with Gasteiger partial charge in [-0.05, 0) is 12.3 Å². The molecule has 0 bridgehead atoms. The molecule has 1 aromatic heterocycles. The molecule has 2 N–H and O–H groups in total. The minimum absolute atomic E-state index is 0.128. The number of rotatable bonds is 9. The fourth-order valence-electron chi connectivity index (χ4n) is 1.75. The Kier molecular flexibility index (Phi) is 7.20. The topological polar surface area (TPSA) is 101 Å². The fraction of sp³-hybridized carbons (Fsp3) is 0.750. The van der Waals surface area contributed by atoms with Gasteiger partial charge in [0.15, 0.2) is 0 Å². The van der Waals surface area contributed by atoms with Gasteiger partial charge in [-0.15, -0.1) is 10.2 Å². The zero-order valence-corrected chi connectivity index (χ0v) is 14.2. The molecule has 1 rings (SSSR count). The van der Waals surface area contributed by atoms with Gasteiger partial charge in [-0.1, -0.05) is 44.4 Å². The Hall–Kier alpha value is -1.06.